The second-order valence-corrected chi connectivity index (χ2v) is 6.61. The Morgan fingerprint density at radius 2 is 2.08 bits per heavy atom. The molecule has 1 amide bonds. The summed E-state index contributed by atoms with van der Waals surface area (Å²) in [5.41, 5.74) is 2.56. The summed E-state index contributed by atoms with van der Waals surface area (Å²) in [5.74, 6) is 1.63. The third kappa shape index (κ3) is 2.82. The van der Waals surface area contributed by atoms with Gasteiger partial charge in [0.05, 0.1) is 13.2 Å². The Morgan fingerprint density at radius 1 is 1.25 bits per heavy atom. The Bertz CT molecular complexity index is 757. The highest BCUT2D eigenvalue weighted by atomic mass is 16.5. The summed E-state index contributed by atoms with van der Waals surface area (Å²) in [6, 6.07) is 8.33. The van der Waals surface area contributed by atoms with Crippen LogP contribution in [-0.4, -0.2) is 40.7 Å². The Labute approximate surface area is 140 Å². The number of ether oxygens (including phenoxy) is 1. The summed E-state index contributed by atoms with van der Waals surface area (Å²) >= 11 is 0. The van der Waals surface area contributed by atoms with Crippen LogP contribution in [0.15, 0.2) is 28.7 Å². The molecule has 1 saturated heterocycles. The molecule has 1 aliphatic carbocycles. The number of benzene rings is 1. The van der Waals surface area contributed by atoms with Crippen LogP contribution in [0.25, 0.3) is 0 Å². The van der Waals surface area contributed by atoms with Gasteiger partial charge < -0.3 is 14.1 Å². The van der Waals surface area contributed by atoms with Crippen LogP contribution in [0.4, 0.5) is 0 Å². The van der Waals surface area contributed by atoms with Crippen LogP contribution in [0.5, 0.6) is 0 Å². The first-order valence-corrected chi connectivity index (χ1v) is 8.39. The van der Waals surface area contributed by atoms with Gasteiger partial charge in [0.15, 0.2) is 6.10 Å². The number of hydrogen-bond acceptors (Lipinski definition) is 5. The molecule has 3 atom stereocenters. The molecule has 2 aliphatic rings. The predicted molar refractivity (Wildman–Crippen MR) is 86.3 cm³/mol. The van der Waals surface area contributed by atoms with E-state index >= 15 is 0 Å². The predicted octanol–water partition coefficient (Wildman–Crippen LogP) is 2.39. The van der Waals surface area contributed by atoms with E-state index in [0.717, 1.165) is 6.42 Å². The topological polar surface area (TPSA) is 68.5 Å². The van der Waals surface area contributed by atoms with Gasteiger partial charge in [-0.2, -0.15) is 0 Å². The second kappa shape index (κ2) is 6.02. The van der Waals surface area contributed by atoms with Gasteiger partial charge in [0.25, 0.3) is 0 Å². The van der Waals surface area contributed by atoms with Crippen molar-refractivity contribution in [1.29, 1.82) is 0 Å². The van der Waals surface area contributed by atoms with E-state index in [1.807, 2.05) is 17.0 Å². The zero-order chi connectivity index (χ0) is 16.7. The van der Waals surface area contributed by atoms with Gasteiger partial charge in [0, 0.05) is 19.4 Å². The first-order chi connectivity index (χ1) is 11.6. The van der Waals surface area contributed by atoms with Gasteiger partial charge in [-0.05, 0) is 30.4 Å². The number of aromatic nitrogens is 2. The van der Waals surface area contributed by atoms with E-state index in [1.165, 1.54) is 11.1 Å². The summed E-state index contributed by atoms with van der Waals surface area (Å²) in [6.45, 7) is 5.47. The van der Waals surface area contributed by atoms with Crippen LogP contribution in [0.2, 0.25) is 0 Å². The summed E-state index contributed by atoms with van der Waals surface area (Å²) < 4.78 is 11.1. The molecule has 0 radical (unpaired) electrons. The van der Waals surface area contributed by atoms with Crippen molar-refractivity contribution in [2.75, 3.05) is 19.7 Å². The fourth-order valence-corrected chi connectivity index (χ4v) is 3.49. The Balaban J connectivity index is 1.43. The van der Waals surface area contributed by atoms with Crippen LogP contribution < -0.4 is 0 Å². The third-order valence-electron chi connectivity index (χ3n) is 4.89. The maximum atomic E-state index is 12.8. The fraction of sp³-hybridized carbons (Fsp3) is 0.500. The Morgan fingerprint density at radius 3 is 2.83 bits per heavy atom. The molecule has 2 fully saturated rings. The normalized spacial score (nSPS) is 26.4. The van der Waals surface area contributed by atoms with E-state index < -0.39 is 0 Å². The standard InChI is InChI=1S/C18H21N3O3/c1-11-5-3-4-6-13(11)14-9-15(14)18(22)21-7-8-23-16(10-21)17-20-19-12(2)24-17/h3-6,14-16H,7-10H2,1-2H3/t14-,15+,16+/m1/s1. The molecule has 1 saturated carbocycles. The van der Waals surface area contributed by atoms with Crippen LogP contribution >= 0.6 is 0 Å². The van der Waals surface area contributed by atoms with E-state index in [-0.39, 0.29) is 17.9 Å². The number of amides is 1. The van der Waals surface area contributed by atoms with Crippen LogP contribution in [-0.2, 0) is 9.53 Å². The van der Waals surface area contributed by atoms with E-state index in [4.69, 9.17) is 9.15 Å². The number of nitrogens with zero attached hydrogens (tertiary/aromatic N) is 3. The smallest absolute Gasteiger partial charge is 0.246 e. The fourth-order valence-electron chi connectivity index (χ4n) is 3.49. The zero-order valence-electron chi connectivity index (χ0n) is 13.9. The van der Waals surface area contributed by atoms with Crippen molar-refractivity contribution in [3.8, 4) is 0 Å². The minimum Gasteiger partial charge on any atom is -0.423 e. The minimum atomic E-state index is -0.320. The average molecular weight is 327 g/mol. The van der Waals surface area contributed by atoms with Crippen LogP contribution in [0, 0.1) is 19.8 Å². The molecule has 1 aliphatic heterocycles. The van der Waals surface area contributed by atoms with Crippen molar-refractivity contribution in [3.63, 3.8) is 0 Å². The molecule has 1 aromatic heterocycles. The molecule has 1 aromatic carbocycles. The van der Waals surface area contributed by atoms with Gasteiger partial charge in [0.1, 0.15) is 0 Å². The zero-order valence-corrected chi connectivity index (χ0v) is 13.9. The lowest BCUT2D eigenvalue weighted by Crippen LogP contribution is -2.43. The highest BCUT2D eigenvalue weighted by Crippen LogP contribution is 2.49. The third-order valence-corrected chi connectivity index (χ3v) is 4.89. The molecule has 6 nitrogen and oxygen atoms in total. The van der Waals surface area contributed by atoms with Gasteiger partial charge in [-0.25, -0.2) is 0 Å². The van der Waals surface area contributed by atoms with E-state index in [9.17, 15) is 4.79 Å². The lowest BCUT2D eigenvalue weighted by Gasteiger charge is -2.31. The van der Waals surface area contributed by atoms with Crippen molar-refractivity contribution in [2.45, 2.75) is 32.3 Å². The summed E-state index contributed by atoms with van der Waals surface area (Å²) in [5, 5.41) is 7.86. The molecule has 4 rings (SSSR count). The number of hydrogen-bond donors (Lipinski definition) is 0. The van der Waals surface area contributed by atoms with E-state index in [1.54, 1.807) is 6.92 Å². The highest BCUT2D eigenvalue weighted by Gasteiger charge is 2.47. The molecule has 126 valence electrons. The molecule has 2 heterocycles. The van der Waals surface area contributed by atoms with E-state index in [0.29, 0.717) is 37.4 Å². The molecule has 0 bridgehead atoms. The largest absolute Gasteiger partial charge is 0.423 e. The molecule has 6 heteroatoms. The highest BCUT2D eigenvalue weighted by molar-refractivity contribution is 5.83. The Kier molecular flexibility index (Phi) is 3.84. The van der Waals surface area contributed by atoms with Gasteiger partial charge in [-0.1, -0.05) is 24.3 Å². The summed E-state index contributed by atoms with van der Waals surface area (Å²) in [6.07, 6.45) is 0.616. The van der Waals surface area contributed by atoms with Gasteiger partial charge in [-0.15, -0.1) is 10.2 Å². The van der Waals surface area contributed by atoms with Crippen LogP contribution in [0.1, 0.15) is 41.4 Å². The number of morpholine rings is 1. The van der Waals surface area contributed by atoms with Gasteiger partial charge in [0.2, 0.25) is 17.7 Å². The van der Waals surface area contributed by atoms with Crippen molar-refractivity contribution < 1.29 is 13.9 Å². The number of carbonyl (C=O) groups excluding carboxylic acids is 1. The molecular formula is C18H21N3O3. The molecule has 0 N–H and O–H groups in total. The maximum Gasteiger partial charge on any atom is 0.246 e. The lowest BCUT2D eigenvalue weighted by molar-refractivity contribution is -0.141. The number of rotatable bonds is 3. The Hall–Kier alpha value is -2.21. The lowest BCUT2D eigenvalue weighted by atomic mass is 10.0. The first kappa shape index (κ1) is 15.3. The molecule has 0 unspecified atom stereocenters. The van der Waals surface area contributed by atoms with Crippen molar-refractivity contribution in [2.24, 2.45) is 5.92 Å². The number of carbonyl (C=O) groups is 1. The van der Waals surface area contributed by atoms with Crippen molar-refractivity contribution in [1.82, 2.24) is 15.1 Å². The monoisotopic (exact) mass is 327 g/mol. The van der Waals surface area contributed by atoms with Crippen LogP contribution in [0.3, 0.4) is 0 Å². The van der Waals surface area contributed by atoms with Gasteiger partial charge >= 0.3 is 0 Å². The van der Waals surface area contributed by atoms with Gasteiger partial charge in [-0.3, -0.25) is 4.79 Å². The number of aryl methyl sites for hydroxylation is 2. The average Bonchev–Trinajstić information content (AvgIpc) is 3.27. The van der Waals surface area contributed by atoms with Crippen molar-refractivity contribution >= 4 is 5.91 Å². The summed E-state index contributed by atoms with van der Waals surface area (Å²) in [4.78, 5) is 14.7. The summed E-state index contributed by atoms with van der Waals surface area (Å²) in [7, 11) is 0. The molecule has 0 spiro atoms. The molecular weight excluding hydrogens is 306 g/mol. The molecule has 2 aromatic rings. The maximum absolute atomic E-state index is 12.8. The van der Waals surface area contributed by atoms with E-state index in [2.05, 4.69) is 29.3 Å². The quantitative estimate of drug-likeness (QED) is 0.866. The first-order valence-electron chi connectivity index (χ1n) is 8.39. The van der Waals surface area contributed by atoms with Crippen molar-refractivity contribution in [3.05, 3.63) is 47.2 Å². The minimum absolute atomic E-state index is 0.0919. The SMILES string of the molecule is Cc1nnc([C@@H]2CN(C(=O)[C@H]3C[C@@H]3c3ccccc3C)CCO2)o1. The second-order valence-electron chi connectivity index (χ2n) is 6.61. The molecule has 24 heavy (non-hydrogen) atoms.